The fourth-order valence-corrected chi connectivity index (χ4v) is 6.22. The van der Waals surface area contributed by atoms with Gasteiger partial charge in [0.1, 0.15) is 24.1 Å². The van der Waals surface area contributed by atoms with Crippen LogP contribution in [0.3, 0.4) is 0 Å². The third-order valence-electron chi connectivity index (χ3n) is 7.53. The molecule has 9 heteroatoms. The largest absolute Gasteiger partial charge is 0.365 e. The second-order valence-corrected chi connectivity index (χ2v) is 10.2. The number of benzene rings is 1. The van der Waals surface area contributed by atoms with Gasteiger partial charge in [-0.05, 0) is 67.7 Å². The highest BCUT2D eigenvalue weighted by molar-refractivity contribution is 6.30. The van der Waals surface area contributed by atoms with E-state index in [0.717, 1.165) is 55.6 Å². The zero-order valence-electron chi connectivity index (χ0n) is 19.2. The molecule has 0 amide bonds. The Labute approximate surface area is 203 Å². The zero-order valence-corrected chi connectivity index (χ0v) is 20.0. The molecule has 2 bridgehead atoms. The highest BCUT2D eigenvalue weighted by Gasteiger charge is 2.43. The molecule has 2 fully saturated rings. The number of hydrogen-bond acceptors (Lipinski definition) is 6. The van der Waals surface area contributed by atoms with E-state index in [9.17, 15) is 4.39 Å². The van der Waals surface area contributed by atoms with Crippen molar-refractivity contribution in [2.24, 2.45) is 17.8 Å². The Morgan fingerprint density at radius 2 is 1.94 bits per heavy atom. The summed E-state index contributed by atoms with van der Waals surface area (Å²) >= 11 is 6.12. The minimum absolute atomic E-state index is 0.358. The van der Waals surface area contributed by atoms with Crippen molar-refractivity contribution >= 4 is 17.4 Å². The lowest BCUT2D eigenvalue weighted by Gasteiger charge is -2.38. The number of hydrogen-bond donors (Lipinski definition) is 0. The van der Waals surface area contributed by atoms with E-state index < -0.39 is 6.10 Å². The number of ether oxygens (including phenoxy) is 1. The van der Waals surface area contributed by atoms with Crippen LogP contribution in [0.2, 0.25) is 5.02 Å². The number of rotatable bonds is 4. The highest BCUT2D eigenvalue weighted by Crippen LogP contribution is 2.44. The van der Waals surface area contributed by atoms with Crippen LogP contribution in [-0.4, -0.2) is 44.4 Å². The van der Waals surface area contributed by atoms with Crippen LogP contribution in [0, 0.1) is 30.5 Å². The molecule has 0 spiro atoms. The number of aromatic nitrogens is 5. The minimum Gasteiger partial charge on any atom is -0.365 e. The van der Waals surface area contributed by atoms with E-state index in [1.54, 1.807) is 12.4 Å². The van der Waals surface area contributed by atoms with Crippen molar-refractivity contribution in [2.75, 3.05) is 24.6 Å². The van der Waals surface area contributed by atoms with Gasteiger partial charge in [0.05, 0.1) is 0 Å². The minimum atomic E-state index is -0.462. The lowest BCUT2D eigenvalue weighted by molar-refractivity contribution is 0.0808. The smallest absolute Gasteiger partial charge is 0.161 e. The number of halogens is 2. The van der Waals surface area contributed by atoms with E-state index in [2.05, 4.69) is 20.9 Å². The molecule has 2 aliphatic heterocycles. The molecule has 2 aromatic heterocycles. The Morgan fingerprint density at radius 1 is 1.12 bits per heavy atom. The Morgan fingerprint density at radius 3 is 2.71 bits per heavy atom. The SMILES string of the molecule is Cc1cc(N2C[C@H]3CC[C@@H](C2)C3Cc2nc3n(n2)CCCO[C@H]3c2cc(F)cc(Cl)c2)ncn1. The van der Waals surface area contributed by atoms with Gasteiger partial charge >= 0.3 is 0 Å². The molecular formula is C25H28ClFN6O. The van der Waals surface area contributed by atoms with Crippen LogP contribution in [-0.2, 0) is 17.7 Å². The first-order valence-corrected chi connectivity index (χ1v) is 12.5. The van der Waals surface area contributed by atoms with Crippen LogP contribution in [0.15, 0.2) is 30.6 Å². The monoisotopic (exact) mass is 482 g/mol. The van der Waals surface area contributed by atoms with Crippen molar-refractivity contribution in [3.63, 3.8) is 0 Å². The average molecular weight is 483 g/mol. The maximum atomic E-state index is 14.0. The quantitative estimate of drug-likeness (QED) is 0.549. The first-order chi connectivity index (χ1) is 16.5. The van der Waals surface area contributed by atoms with Crippen molar-refractivity contribution in [2.45, 2.75) is 45.3 Å². The molecule has 0 radical (unpaired) electrons. The molecule has 1 aromatic carbocycles. The summed E-state index contributed by atoms with van der Waals surface area (Å²) in [6.07, 6.45) is 5.37. The zero-order chi connectivity index (χ0) is 23.2. The van der Waals surface area contributed by atoms with E-state index in [1.165, 1.54) is 25.0 Å². The van der Waals surface area contributed by atoms with Crippen LogP contribution >= 0.6 is 11.6 Å². The molecule has 7 nitrogen and oxygen atoms in total. The summed E-state index contributed by atoms with van der Waals surface area (Å²) in [5.41, 5.74) is 1.68. The Bertz CT molecular complexity index is 1170. The van der Waals surface area contributed by atoms with Gasteiger partial charge in [-0.2, -0.15) is 5.10 Å². The van der Waals surface area contributed by atoms with Gasteiger partial charge in [-0.25, -0.2) is 24.0 Å². The number of piperidine rings is 1. The molecular weight excluding hydrogens is 455 g/mol. The van der Waals surface area contributed by atoms with Crippen molar-refractivity contribution in [3.8, 4) is 0 Å². The van der Waals surface area contributed by atoms with Crippen LogP contribution in [0.5, 0.6) is 0 Å². The third-order valence-corrected chi connectivity index (χ3v) is 7.74. The van der Waals surface area contributed by atoms with Gasteiger partial charge in [-0.15, -0.1) is 0 Å². The van der Waals surface area contributed by atoms with Gasteiger partial charge in [-0.3, -0.25) is 0 Å². The molecule has 1 unspecified atom stereocenters. The van der Waals surface area contributed by atoms with Gasteiger partial charge in [0.15, 0.2) is 11.6 Å². The average Bonchev–Trinajstić information content (AvgIpc) is 3.20. The molecule has 0 N–H and O–H groups in total. The second kappa shape index (κ2) is 8.89. The van der Waals surface area contributed by atoms with Crippen LogP contribution in [0.1, 0.15) is 48.3 Å². The first-order valence-electron chi connectivity index (χ1n) is 12.1. The lowest BCUT2D eigenvalue weighted by atomic mass is 9.82. The summed E-state index contributed by atoms with van der Waals surface area (Å²) in [4.78, 5) is 16.1. The molecule has 4 heterocycles. The molecule has 4 atom stereocenters. The van der Waals surface area contributed by atoms with E-state index in [0.29, 0.717) is 34.9 Å². The molecule has 34 heavy (non-hydrogen) atoms. The summed E-state index contributed by atoms with van der Waals surface area (Å²) in [6.45, 7) is 5.36. The van der Waals surface area contributed by atoms with Gasteiger partial charge in [-0.1, -0.05) is 11.6 Å². The van der Waals surface area contributed by atoms with Crippen LogP contribution < -0.4 is 4.90 Å². The van der Waals surface area contributed by atoms with Crippen LogP contribution in [0.4, 0.5) is 10.2 Å². The van der Waals surface area contributed by atoms with E-state index >= 15 is 0 Å². The van der Waals surface area contributed by atoms with Gasteiger partial charge in [0, 0.05) is 49.4 Å². The Balaban J connectivity index is 1.22. The third kappa shape index (κ3) is 4.18. The highest BCUT2D eigenvalue weighted by atomic mass is 35.5. The molecule has 3 aliphatic rings. The number of fused-ring (bicyclic) bond motifs is 3. The fraction of sp³-hybridized carbons (Fsp3) is 0.520. The maximum Gasteiger partial charge on any atom is 0.161 e. The summed E-state index contributed by atoms with van der Waals surface area (Å²) in [5.74, 6) is 4.04. The van der Waals surface area contributed by atoms with E-state index in [4.69, 9.17) is 26.4 Å². The number of nitrogens with zero attached hydrogens (tertiary/aromatic N) is 6. The summed E-state index contributed by atoms with van der Waals surface area (Å²) < 4.78 is 22.1. The van der Waals surface area contributed by atoms with E-state index in [1.807, 2.05) is 11.6 Å². The van der Waals surface area contributed by atoms with Gasteiger partial charge in [0.2, 0.25) is 0 Å². The summed E-state index contributed by atoms with van der Waals surface area (Å²) in [7, 11) is 0. The van der Waals surface area contributed by atoms with Crippen molar-refractivity contribution < 1.29 is 9.13 Å². The fourth-order valence-electron chi connectivity index (χ4n) is 5.99. The summed E-state index contributed by atoms with van der Waals surface area (Å²) in [6, 6.07) is 6.62. The second-order valence-electron chi connectivity index (χ2n) is 9.80. The van der Waals surface area contributed by atoms with Crippen molar-refractivity contribution in [1.82, 2.24) is 24.7 Å². The summed E-state index contributed by atoms with van der Waals surface area (Å²) in [5, 5.41) is 5.23. The lowest BCUT2D eigenvalue weighted by Crippen LogP contribution is -2.43. The Hall–Kier alpha value is -2.58. The first kappa shape index (κ1) is 21.9. The predicted molar refractivity (Wildman–Crippen MR) is 126 cm³/mol. The molecule has 1 saturated heterocycles. The molecule has 6 rings (SSSR count). The standard InChI is InChI=1S/C25H28ClFN6O/c1-15-7-23(29-14-28-15)32-12-16-3-4-17(13-32)21(16)11-22-30-25-24(34-6-2-5-33(25)31-22)18-8-19(26)10-20(27)9-18/h7-10,14,16-17,21,24H,2-6,11-13H2,1H3/t16-,17+,21?,24-/m0/s1. The van der Waals surface area contributed by atoms with Crippen LogP contribution in [0.25, 0.3) is 0 Å². The predicted octanol–water partition coefficient (Wildman–Crippen LogP) is 4.38. The molecule has 178 valence electrons. The van der Waals surface area contributed by atoms with Crippen molar-refractivity contribution in [1.29, 1.82) is 0 Å². The molecule has 3 aromatic rings. The maximum absolute atomic E-state index is 14.0. The number of aryl methyl sites for hydroxylation is 2. The van der Waals surface area contributed by atoms with Gasteiger partial charge < -0.3 is 9.64 Å². The van der Waals surface area contributed by atoms with Gasteiger partial charge in [0.25, 0.3) is 0 Å². The Kier molecular flexibility index (Phi) is 5.73. The van der Waals surface area contributed by atoms with Crippen molar-refractivity contribution in [3.05, 3.63) is 64.3 Å². The normalized spacial score (nSPS) is 26.4. The molecule has 1 aliphatic carbocycles. The topological polar surface area (TPSA) is 69.0 Å². The number of anilines is 1. The molecule has 1 saturated carbocycles. The van der Waals surface area contributed by atoms with E-state index in [-0.39, 0.29) is 5.82 Å².